The highest BCUT2D eigenvalue weighted by molar-refractivity contribution is 6.03. The molecule has 0 radical (unpaired) electrons. The lowest BCUT2D eigenvalue weighted by molar-refractivity contribution is -0.00398. The van der Waals surface area contributed by atoms with Crippen LogP contribution in [-0.2, 0) is 9.47 Å². The van der Waals surface area contributed by atoms with Crippen molar-refractivity contribution in [1.82, 2.24) is 9.80 Å². The molecule has 0 aliphatic carbocycles. The van der Waals surface area contributed by atoms with E-state index >= 15 is 0 Å². The maximum atomic E-state index is 13.9. The molecule has 8 heteroatoms. The van der Waals surface area contributed by atoms with Gasteiger partial charge in [0.2, 0.25) is 0 Å². The average Bonchev–Trinajstić information content (AvgIpc) is 2.95. The number of hydrogen-bond donors (Lipinski definition) is 0. The highest BCUT2D eigenvalue weighted by atomic mass is 16.5. The molecule has 2 unspecified atom stereocenters. The summed E-state index contributed by atoms with van der Waals surface area (Å²) in [6.07, 6.45) is 0.401. The number of nitrogens with zero attached hydrogens (tertiary/aromatic N) is 2. The quantitative estimate of drug-likeness (QED) is 0.403. The van der Waals surface area contributed by atoms with Crippen molar-refractivity contribution in [3.8, 4) is 11.5 Å². The Labute approximate surface area is 219 Å². The largest absolute Gasteiger partial charge is 0.494 e. The van der Waals surface area contributed by atoms with Gasteiger partial charge in [-0.1, -0.05) is 0 Å². The standard InChI is InChI=1S/C29H38N2O6/c1-3-36-24-9-5-22(6-10-24)28(32)26(30-13-17-34-18-14-30)21-27(31-15-19-35-20-16-31)29(33)23-7-11-25(12-8-23)37-4-2/h5-12,26-27H,3-4,13-21H2,1-2H3. The van der Waals surface area contributed by atoms with Crippen molar-refractivity contribution in [1.29, 1.82) is 0 Å². The fourth-order valence-corrected chi connectivity index (χ4v) is 4.98. The normalized spacial score (nSPS) is 18.6. The van der Waals surface area contributed by atoms with Crippen LogP contribution in [0.5, 0.6) is 11.5 Å². The lowest BCUT2D eigenvalue weighted by atomic mass is 9.91. The van der Waals surface area contributed by atoms with Gasteiger partial charge >= 0.3 is 0 Å². The third kappa shape index (κ3) is 7.17. The first-order chi connectivity index (χ1) is 18.1. The van der Waals surface area contributed by atoms with Crippen molar-refractivity contribution in [3.05, 3.63) is 59.7 Å². The van der Waals surface area contributed by atoms with Gasteiger partial charge in [-0.25, -0.2) is 0 Å². The van der Waals surface area contributed by atoms with E-state index in [0.29, 0.717) is 83.4 Å². The van der Waals surface area contributed by atoms with E-state index in [1.807, 2.05) is 62.4 Å². The van der Waals surface area contributed by atoms with E-state index in [9.17, 15) is 9.59 Å². The summed E-state index contributed by atoms with van der Waals surface area (Å²) in [5.74, 6) is 1.50. The van der Waals surface area contributed by atoms with E-state index < -0.39 is 12.1 Å². The van der Waals surface area contributed by atoms with Gasteiger partial charge in [-0.3, -0.25) is 19.4 Å². The van der Waals surface area contributed by atoms with Crippen molar-refractivity contribution < 1.29 is 28.5 Å². The summed E-state index contributed by atoms with van der Waals surface area (Å²) in [7, 11) is 0. The summed E-state index contributed by atoms with van der Waals surface area (Å²) < 4.78 is 22.3. The number of ketones is 2. The van der Waals surface area contributed by atoms with Gasteiger partial charge in [0.15, 0.2) is 11.6 Å². The average molecular weight is 511 g/mol. The molecule has 2 aliphatic heterocycles. The Morgan fingerprint density at radius 3 is 1.35 bits per heavy atom. The maximum absolute atomic E-state index is 13.9. The number of ether oxygens (including phenoxy) is 4. The predicted octanol–water partition coefficient (Wildman–Crippen LogP) is 3.34. The molecule has 0 spiro atoms. The molecule has 2 aliphatic rings. The predicted molar refractivity (Wildman–Crippen MR) is 141 cm³/mol. The first kappa shape index (κ1) is 27.3. The van der Waals surface area contributed by atoms with Crippen LogP contribution in [-0.4, -0.2) is 99.3 Å². The van der Waals surface area contributed by atoms with Gasteiger partial charge in [0, 0.05) is 37.3 Å². The number of carbonyl (C=O) groups is 2. The minimum Gasteiger partial charge on any atom is -0.494 e. The van der Waals surface area contributed by atoms with Crippen LogP contribution < -0.4 is 9.47 Å². The zero-order valence-corrected chi connectivity index (χ0v) is 21.9. The first-order valence-corrected chi connectivity index (χ1v) is 13.3. The molecule has 2 heterocycles. The zero-order chi connectivity index (χ0) is 26.0. The SMILES string of the molecule is CCOc1ccc(C(=O)C(CC(C(=O)c2ccc(OCC)cc2)N2CCOCC2)N2CCOCC2)cc1. The summed E-state index contributed by atoms with van der Waals surface area (Å²) in [4.78, 5) is 32.2. The van der Waals surface area contributed by atoms with Gasteiger partial charge in [-0.15, -0.1) is 0 Å². The Morgan fingerprint density at radius 2 is 1.03 bits per heavy atom. The van der Waals surface area contributed by atoms with Crippen molar-refractivity contribution in [2.45, 2.75) is 32.4 Å². The van der Waals surface area contributed by atoms with Crippen LogP contribution in [0, 0.1) is 0 Å². The molecule has 0 amide bonds. The molecular formula is C29H38N2O6. The first-order valence-electron chi connectivity index (χ1n) is 13.3. The molecule has 2 aromatic carbocycles. The second kappa shape index (κ2) is 13.7. The summed E-state index contributed by atoms with van der Waals surface area (Å²) in [6, 6.07) is 13.7. The van der Waals surface area contributed by atoms with E-state index in [-0.39, 0.29) is 11.6 Å². The third-order valence-corrected chi connectivity index (χ3v) is 6.92. The van der Waals surface area contributed by atoms with Crippen molar-refractivity contribution in [2.75, 3.05) is 65.8 Å². The molecule has 37 heavy (non-hydrogen) atoms. The summed E-state index contributed by atoms with van der Waals surface area (Å²) in [5.41, 5.74) is 1.24. The van der Waals surface area contributed by atoms with Crippen LogP contribution >= 0.6 is 0 Å². The second-order valence-corrected chi connectivity index (χ2v) is 9.21. The maximum Gasteiger partial charge on any atom is 0.180 e. The van der Waals surface area contributed by atoms with E-state index in [1.165, 1.54) is 0 Å². The van der Waals surface area contributed by atoms with Gasteiger partial charge < -0.3 is 18.9 Å². The number of benzene rings is 2. The van der Waals surface area contributed by atoms with Gasteiger partial charge in [-0.2, -0.15) is 0 Å². The fraction of sp³-hybridized carbons (Fsp3) is 0.517. The summed E-state index contributed by atoms with van der Waals surface area (Å²) in [6.45, 7) is 9.90. The zero-order valence-electron chi connectivity index (χ0n) is 21.9. The molecule has 0 aromatic heterocycles. The van der Waals surface area contributed by atoms with Gasteiger partial charge in [0.05, 0.1) is 51.7 Å². The van der Waals surface area contributed by atoms with Crippen LogP contribution in [0.4, 0.5) is 0 Å². The van der Waals surface area contributed by atoms with Crippen LogP contribution in [0.25, 0.3) is 0 Å². The van der Waals surface area contributed by atoms with E-state index in [1.54, 1.807) is 0 Å². The molecule has 2 saturated heterocycles. The summed E-state index contributed by atoms with van der Waals surface area (Å²) in [5, 5.41) is 0. The topological polar surface area (TPSA) is 77.5 Å². The Hall–Kier alpha value is -2.78. The van der Waals surface area contributed by atoms with E-state index in [0.717, 1.165) is 11.5 Å². The van der Waals surface area contributed by atoms with Crippen LogP contribution in [0.3, 0.4) is 0 Å². The van der Waals surface area contributed by atoms with Crippen LogP contribution in [0.15, 0.2) is 48.5 Å². The molecule has 2 aromatic rings. The lowest BCUT2D eigenvalue weighted by Gasteiger charge is -2.39. The number of morpholine rings is 2. The van der Waals surface area contributed by atoms with Gasteiger partial charge in [0.25, 0.3) is 0 Å². The minimum absolute atomic E-state index is 0.0164. The molecule has 4 rings (SSSR count). The Morgan fingerprint density at radius 1 is 0.676 bits per heavy atom. The Kier molecular flexibility index (Phi) is 10.1. The molecule has 8 nitrogen and oxygen atoms in total. The molecule has 0 bridgehead atoms. The Balaban J connectivity index is 1.61. The number of carbonyl (C=O) groups excluding carboxylic acids is 2. The van der Waals surface area contributed by atoms with Crippen molar-refractivity contribution >= 4 is 11.6 Å². The molecule has 0 saturated carbocycles. The van der Waals surface area contributed by atoms with Gasteiger partial charge in [0.1, 0.15) is 11.5 Å². The fourth-order valence-electron chi connectivity index (χ4n) is 4.98. The monoisotopic (exact) mass is 510 g/mol. The highest BCUT2D eigenvalue weighted by Gasteiger charge is 2.36. The lowest BCUT2D eigenvalue weighted by Crippen LogP contribution is -2.54. The minimum atomic E-state index is -0.443. The van der Waals surface area contributed by atoms with Crippen molar-refractivity contribution in [3.63, 3.8) is 0 Å². The van der Waals surface area contributed by atoms with E-state index in [2.05, 4.69) is 9.80 Å². The molecule has 0 N–H and O–H groups in total. The molecule has 200 valence electrons. The smallest absolute Gasteiger partial charge is 0.180 e. The highest BCUT2D eigenvalue weighted by Crippen LogP contribution is 2.24. The molecular weight excluding hydrogens is 472 g/mol. The van der Waals surface area contributed by atoms with Crippen molar-refractivity contribution in [2.24, 2.45) is 0 Å². The van der Waals surface area contributed by atoms with Crippen LogP contribution in [0.1, 0.15) is 41.0 Å². The molecule has 2 fully saturated rings. The summed E-state index contributed by atoms with van der Waals surface area (Å²) >= 11 is 0. The number of hydrogen-bond acceptors (Lipinski definition) is 8. The second-order valence-electron chi connectivity index (χ2n) is 9.21. The third-order valence-electron chi connectivity index (χ3n) is 6.92. The molecule has 2 atom stereocenters. The number of Topliss-reactive ketones (excluding diaryl/α,β-unsaturated/α-hetero) is 2. The van der Waals surface area contributed by atoms with Crippen LogP contribution in [0.2, 0.25) is 0 Å². The van der Waals surface area contributed by atoms with E-state index in [4.69, 9.17) is 18.9 Å². The number of rotatable bonds is 12. The Bertz CT molecular complexity index is 917. The van der Waals surface area contributed by atoms with Gasteiger partial charge in [-0.05, 0) is 68.8 Å².